The summed E-state index contributed by atoms with van der Waals surface area (Å²) in [5, 5.41) is 0. The van der Waals surface area contributed by atoms with Crippen LogP contribution in [0.2, 0.25) is 0 Å². The van der Waals surface area contributed by atoms with Gasteiger partial charge in [0.1, 0.15) is 0 Å². The summed E-state index contributed by atoms with van der Waals surface area (Å²) in [7, 11) is 0. The fourth-order valence-electron chi connectivity index (χ4n) is 7.66. The fraction of sp³-hybridized carbons (Fsp3) is 0.833. The highest BCUT2D eigenvalue weighted by Gasteiger charge is 2.28. The number of hydrogen-bond donors (Lipinski definition) is 0. The molecule has 0 aromatic heterocycles. The number of ether oxygens (including phenoxy) is 2. The van der Waals surface area contributed by atoms with Gasteiger partial charge in [0.05, 0.1) is 24.3 Å². The molecule has 0 radical (unpaired) electrons. The highest BCUT2D eigenvalue weighted by molar-refractivity contribution is 6.04. The van der Waals surface area contributed by atoms with Gasteiger partial charge in [-0.25, -0.2) is 9.59 Å². The minimum Gasteiger partial charge on any atom is -0.462 e. The average molecular weight is 727 g/mol. The molecular weight excluding hydrogens is 641 g/mol. The monoisotopic (exact) mass is 727 g/mol. The average Bonchev–Trinajstić information content (AvgIpc) is 3.16. The summed E-state index contributed by atoms with van der Waals surface area (Å²) in [5.74, 6) is 0.347. The van der Waals surface area contributed by atoms with E-state index in [1.165, 1.54) is 134 Å². The van der Waals surface area contributed by atoms with Gasteiger partial charge >= 0.3 is 11.9 Å². The SMILES string of the molecule is CCCCCCCCCCCCOC(=O)c1ccc(CC(CC)CCCC)c(CC(CC)CCCC)c1C(=O)OCCCCCCCCCCCC. The van der Waals surface area contributed by atoms with Crippen molar-refractivity contribution in [2.75, 3.05) is 13.2 Å². The third kappa shape index (κ3) is 22.4. The zero-order valence-electron chi connectivity index (χ0n) is 35.6. The molecule has 0 fully saturated rings. The Balaban J connectivity index is 3.09. The van der Waals surface area contributed by atoms with Crippen LogP contribution >= 0.6 is 0 Å². The molecule has 0 amide bonds. The Kier molecular flexibility index (Phi) is 31.2. The fourth-order valence-corrected chi connectivity index (χ4v) is 7.66. The summed E-state index contributed by atoms with van der Waals surface area (Å²) >= 11 is 0. The lowest BCUT2D eigenvalue weighted by molar-refractivity contribution is 0.0448. The van der Waals surface area contributed by atoms with Crippen LogP contribution in [0, 0.1) is 11.8 Å². The van der Waals surface area contributed by atoms with Crippen molar-refractivity contribution in [2.45, 2.75) is 234 Å². The zero-order valence-corrected chi connectivity index (χ0v) is 35.6. The van der Waals surface area contributed by atoms with Crippen LogP contribution < -0.4 is 0 Å². The van der Waals surface area contributed by atoms with Crippen LogP contribution in [-0.4, -0.2) is 25.2 Å². The smallest absolute Gasteiger partial charge is 0.339 e. The van der Waals surface area contributed by atoms with Crippen molar-refractivity contribution >= 4 is 11.9 Å². The first-order valence-electron chi connectivity index (χ1n) is 23.0. The molecule has 0 saturated carbocycles. The molecular formula is C48H86O4. The number of rotatable bonds is 36. The van der Waals surface area contributed by atoms with Crippen LogP contribution in [0.3, 0.4) is 0 Å². The first-order valence-corrected chi connectivity index (χ1v) is 23.0. The van der Waals surface area contributed by atoms with Gasteiger partial charge in [-0.1, -0.05) is 215 Å². The maximum atomic E-state index is 14.1. The molecule has 1 aromatic rings. The minimum absolute atomic E-state index is 0.328. The van der Waals surface area contributed by atoms with E-state index < -0.39 is 0 Å². The number of hydrogen-bond acceptors (Lipinski definition) is 4. The van der Waals surface area contributed by atoms with Crippen LogP contribution in [0.5, 0.6) is 0 Å². The molecule has 1 aromatic carbocycles. The van der Waals surface area contributed by atoms with Crippen LogP contribution in [0.1, 0.15) is 253 Å². The molecule has 0 aliphatic rings. The quantitative estimate of drug-likeness (QED) is 0.0510. The van der Waals surface area contributed by atoms with E-state index in [9.17, 15) is 9.59 Å². The molecule has 2 unspecified atom stereocenters. The predicted molar refractivity (Wildman–Crippen MR) is 225 cm³/mol. The van der Waals surface area contributed by atoms with Crippen molar-refractivity contribution in [3.63, 3.8) is 0 Å². The van der Waals surface area contributed by atoms with E-state index in [2.05, 4.69) is 47.6 Å². The molecule has 0 saturated heterocycles. The first kappa shape index (κ1) is 48.2. The molecule has 0 aliphatic heterocycles. The maximum absolute atomic E-state index is 14.1. The van der Waals surface area contributed by atoms with Crippen molar-refractivity contribution < 1.29 is 19.1 Å². The number of carbonyl (C=O) groups excluding carboxylic acids is 2. The van der Waals surface area contributed by atoms with Crippen molar-refractivity contribution in [1.29, 1.82) is 0 Å². The number of benzene rings is 1. The van der Waals surface area contributed by atoms with Gasteiger partial charge in [-0.2, -0.15) is 0 Å². The second kappa shape index (κ2) is 33.7. The van der Waals surface area contributed by atoms with Crippen LogP contribution in [0.4, 0.5) is 0 Å². The lowest BCUT2D eigenvalue weighted by Crippen LogP contribution is -2.21. The van der Waals surface area contributed by atoms with Crippen LogP contribution in [-0.2, 0) is 22.3 Å². The molecule has 1 rings (SSSR count). The van der Waals surface area contributed by atoms with Gasteiger partial charge in [-0.3, -0.25) is 0 Å². The number of unbranched alkanes of at least 4 members (excludes halogenated alkanes) is 20. The third-order valence-electron chi connectivity index (χ3n) is 11.4. The van der Waals surface area contributed by atoms with Gasteiger partial charge in [-0.05, 0) is 54.7 Å². The van der Waals surface area contributed by atoms with Gasteiger partial charge in [-0.15, -0.1) is 0 Å². The molecule has 0 heterocycles. The second-order valence-electron chi connectivity index (χ2n) is 16.0. The summed E-state index contributed by atoms with van der Waals surface area (Å²) < 4.78 is 11.9. The molecule has 0 N–H and O–H groups in total. The van der Waals surface area contributed by atoms with Crippen molar-refractivity contribution in [3.05, 3.63) is 34.4 Å². The van der Waals surface area contributed by atoms with Crippen molar-refractivity contribution in [3.8, 4) is 0 Å². The Morgan fingerprint density at radius 1 is 0.462 bits per heavy atom. The van der Waals surface area contributed by atoms with Gasteiger partial charge in [0, 0.05) is 0 Å². The summed E-state index contributed by atoms with van der Waals surface area (Å²) in [6.45, 7) is 14.4. The molecule has 4 heteroatoms. The van der Waals surface area contributed by atoms with E-state index in [4.69, 9.17) is 9.47 Å². The lowest BCUT2D eigenvalue weighted by Gasteiger charge is -2.24. The number of carbonyl (C=O) groups is 2. The highest BCUT2D eigenvalue weighted by atomic mass is 16.5. The zero-order chi connectivity index (χ0) is 38.1. The van der Waals surface area contributed by atoms with E-state index in [1.54, 1.807) is 0 Å². The summed E-state index contributed by atoms with van der Waals surface area (Å²) in [4.78, 5) is 27.9. The van der Waals surface area contributed by atoms with E-state index in [0.29, 0.717) is 36.2 Å². The van der Waals surface area contributed by atoms with Gasteiger partial charge in [0.15, 0.2) is 0 Å². The van der Waals surface area contributed by atoms with Crippen molar-refractivity contribution in [1.82, 2.24) is 0 Å². The molecule has 4 nitrogen and oxygen atoms in total. The Labute approximate surface area is 323 Å². The Morgan fingerprint density at radius 3 is 1.27 bits per heavy atom. The summed E-state index contributed by atoms with van der Waals surface area (Å²) in [6.07, 6.45) is 35.8. The summed E-state index contributed by atoms with van der Waals surface area (Å²) in [5.41, 5.74) is 3.19. The Bertz CT molecular complexity index is 1000. The first-order chi connectivity index (χ1) is 25.5. The standard InChI is InChI=1S/C48H86O4/c1-7-13-17-19-21-23-25-27-29-31-37-51-47(49)44-36-35-43(39-41(11-5)33-15-9-3)45(40-42(12-6)34-16-10-4)46(44)48(50)52-38-32-30-28-26-24-22-20-18-14-8-2/h35-36,41-42H,7-34,37-40H2,1-6H3. The molecule has 2 atom stereocenters. The lowest BCUT2D eigenvalue weighted by atomic mass is 9.82. The minimum atomic E-state index is -0.366. The van der Waals surface area contributed by atoms with Gasteiger partial charge in [0.2, 0.25) is 0 Å². The topological polar surface area (TPSA) is 52.6 Å². The number of esters is 2. The Hall–Kier alpha value is -1.84. The largest absolute Gasteiger partial charge is 0.462 e. The predicted octanol–water partition coefficient (Wildman–Crippen LogP) is 15.4. The molecule has 0 spiro atoms. The maximum Gasteiger partial charge on any atom is 0.339 e. The van der Waals surface area contributed by atoms with E-state index in [0.717, 1.165) is 69.8 Å². The molecule has 0 bridgehead atoms. The summed E-state index contributed by atoms with van der Waals surface area (Å²) in [6, 6.07) is 4.03. The molecule has 302 valence electrons. The van der Waals surface area contributed by atoms with Gasteiger partial charge in [0.25, 0.3) is 0 Å². The van der Waals surface area contributed by atoms with Crippen LogP contribution in [0.25, 0.3) is 0 Å². The second-order valence-corrected chi connectivity index (χ2v) is 16.0. The van der Waals surface area contributed by atoms with E-state index in [1.807, 2.05) is 6.07 Å². The molecule has 52 heavy (non-hydrogen) atoms. The Morgan fingerprint density at radius 2 is 0.846 bits per heavy atom. The van der Waals surface area contributed by atoms with Gasteiger partial charge < -0.3 is 9.47 Å². The normalized spacial score (nSPS) is 12.6. The molecule has 0 aliphatic carbocycles. The van der Waals surface area contributed by atoms with Crippen molar-refractivity contribution in [2.24, 2.45) is 11.8 Å². The van der Waals surface area contributed by atoms with E-state index in [-0.39, 0.29) is 11.9 Å². The van der Waals surface area contributed by atoms with E-state index >= 15 is 0 Å². The highest BCUT2D eigenvalue weighted by Crippen LogP contribution is 2.31. The van der Waals surface area contributed by atoms with Crippen LogP contribution in [0.15, 0.2) is 12.1 Å². The third-order valence-corrected chi connectivity index (χ3v) is 11.4.